The van der Waals surface area contributed by atoms with Crippen LogP contribution in [0, 0.1) is 5.41 Å². The fourth-order valence-electron chi connectivity index (χ4n) is 1.60. The van der Waals surface area contributed by atoms with E-state index >= 15 is 0 Å². The van der Waals surface area contributed by atoms with E-state index in [1.54, 1.807) is 20.8 Å². The molecule has 0 saturated carbocycles. The van der Waals surface area contributed by atoms with Gasteiger partial charge in [-0.3, -0.25) is 4.79 Å². The number of nitrogens with one attached hydrogen (secondary N) is 1. The Morgan fingerprint density at radius 2 is 1.43 bits per heavy atom. The van der Waals surface area contributed by atoms with E-state index in [9.17, 15) is 9.59 Å². The second-order valence-corrected chi connectivity index (χ2v) is 8.30. The maximum atomic E-state index is 11.8. The first-order valence-corrected chi connectivity index (χ1v) is 7.43. The molecule has 1 N–H and O–H groups in total. The zero-order valence-corrected chi connectivity index (χ0v) is 14.8. The normalized spacial score (nSPS) is 13.3. The number of esters is 1. The first-order valence-electron chi connectivity index (χ1n) is 7.43. The number of ether oxygens (including phenoxy) is 1. The summed E-state index contributed by atoms with van der Waals surface area (Å²) in [4.78, 5) is 23.3. The molecule has 0 aliphatic heterocycles. The number of amides is 1. The minimum Gasteiger partial charge on any atom is -0.457 e. The van der Waals surface area contributed by atoms with Crippen LogP contribution in [0.25, 0.3) is 0 Å². The Kier molecular flexibility index (Phi) is 6.65. The molecule has 0 saturated heterocycles. The molecule has 0 aromatic rings. The molecule has 4 nitrogen and oxygen atoms in total. The van der Waals surface area contributed by atoms with E-state index in [4.69, 9.17) is 4.74 Å². The van der Waals surface area contributed by atoms with Crippen LogP contribution < -0.4 is 5.32 Å². The minimum absolute atomic E-state index is 0.231. The maximum absolute atomic E-state index is 11.8. The molecule has 0 heterocycles. The SMILES string of the molecule is CC(C)(C)CCC(C)(C)NC(=O)/C=C\C(=O)OC(C)(C)C. The smallest absolute Gasteiger partial charge is 0.331 e. The van der Waals surface area contributed by atoms with E-state index < -0.39 is 11.6 Å². The highest BCUT2D eigenvalue weighted by atomic mass is 16.6. The highest BCUT2D eigenvalue weighted by Gasteiger charge is 2.22. The Morgan fingerprint density at radius 3 is 1.86 bits per heavy atom. The van der Waals surface area contributed by atoms with Gasteiger partial charge in [0, 0.05) is 17.7 Å². The summed E-state index contributed by atoms with van der Waals surface area (Å²) >= 11 is 0. The minimum atomic E-state index is -0.552. The van der Waals surface area contributed by atoms with Gasteiger partial charge in [0.25, 0.3) is 0 Å². The highest BCUT2D eigenvalue weighted by molar-refractivity contribution is 5.94. The summed E-state index contributed by atoms with van der Waals surface area (Å²) in [5.41, 5.74) is -0.624. The van der Waals surface area contributed by atoms with Gasteiger partial charge < -0.3 is 10.1 Å². The van der Waals surface area contributed by atoms with Gasteiger partial charge in [-0.2, -0.15) is 0 Å². The van der Waals surface area contributed by atoms with Gasteiger partial charge in [0.2, 0.25) is 5.91 Å². The quantitative estimate of drug-likeness (QED) is 0.623. The van der Waals surface area contributed by atoms with E-state index in [1.165, 1.54) is 12.2 Å². The number of hydrogen-bond donors (Lipinski definition) is 1. The number of carbonyl (C=O) groups is 2. The van der Waals surface area contributed by atoms with E-state index in [-0.39, 0.29) is 16.9 Å². The molecule has 0 aliphatic carbocycles. The van der Waals surface area contributed by atoms with Crippen molar-refractivity contribution in [2.45, 2.75) is 79.4 Å². The van der Waals surface area contributed by atoms with Crippen molar-refractivity contribution in [1.29, 1.82) is 0 Å². The fraction of sp³-hybridized carbons (Fsp3) is 0.765. The molecule has 0 rings (SSSR count). The van der Waals surface area contributed by atoms with Gasteiger partial charge in [-0.05, 0) is 52.9 Å². The third-order valence-corrected chi connectivity index (χ3v) is 2.74. The predicted molar refractivity (Wildman–Crippen MR) is 85.9 cm³/mol. The zero-order valence-electron chi connectivity index (χ0n) is 14.8. The molecule has 0 aromatic carbocycles. The van der Waals surface area contributed by atoms with Crippen molar-refractivity contribution in [3.63, 3.8) is 0 Å². The number of hydrogen-bond acceptors (Lipinski definition) is 3. The summed E-state index contributed by atoms with van der Waals surface area (Å²) in [6.07, 6.45) is 4.28. The summed E-state index contributed by atoms with van der Waals surface area (Å²) < 4.78 is 5.10. The van der Waals surface area contributed by atoms with E-state index in [2.05, 4.69) is 26.1 Å². The van der Waals surface area contributed by atoms with Crippen LogP contribution in [-0.2, 0) is 14.3 Å². The molecule has 0 unspecified atom stereocenters. The van der Waals surface area contributed by atoms with Crippen LogP contribution in [0.4, 0.5) is 0 Å². The number of carbonyl (C=O) groups excluding carboxylic acids is 2. The van der Waals surface area contributed by atoms with Crippen molar-refractivity contribution in [1.82, 2.24) is 5.32 Å². The first kappa shape index (κ1) is 19.7. The largest absolute Gasteiger partial charge is 0.457 e. The molecule has 0 aliphatic rings. The molecule has 0 aromatic heterocycles. The van der Waals surface area contributed by atoms with Gasteiger partial charge in [0.1, 0.15) is 5.60 Å². The molecule has 0 bridgehead atoms. The number of rotatable bonds is 5. The maximum Gasteiger partial charge on any atom is 0.331 e. The Hall–Kier alpha value is -1.32. The molecule has 1 amide bonds. The van der Waals surface area contributed by atoms with Crippen molar-refractivity contribution >= 4 is 11.9 Å². The van der Waals surface area contributed by atoms with Crippen LogP contribution in [0.15, 0.2) is 12.2 Å². The van der Waals surface area contributed by atoms with Crippen LogP contribution in [0.3, 0.4) is 0 Å². The molecule has 21 heavy (non-hydrogen) atoms. The Balaban J connectivity index is 4.39. The third kappa shape index (κ3) is 12.2. The van der Waals surface area contributed by atoms with Gasteiger partial charge in [-0.25, -0.2) is 4.79 Å². The molecule has 0 fully saturated rings. The standard InChI is InChI=1S/C17H31NO3/c1-15(2,3)11-12-17(7,8)18-13(19)9-10-14(20)21-16(4,5)6/h9-10H,11-12H2,1-8H3,(H,18,19)/b10-9-. The second kappa shape index (κ2) is 7.10. The van der Waals surface area contributed by atoms with Crippen molar-refractivity contribution in [2.75, 3.05) is 0 Å². The lowest BCUT2D eigenvalue weighted by molar-refractivity contribution is -0.148. The Morgan fingerprint density at radius 1 is 0.905 bits per heavy atom. The van der Waals surface area contributed by atoms with E-state index in [0.29, 0.717) is 0 Å². The van der Waals surface area contributed by atoms with E-state index in [0.717, 1.165) is 12.8 Å². The van der Waals surface area contributed by atoms with Crippen LogP contribution >= 0.6 is 0 Å². The summed E-state index contributed by atoms with van der Waals surface area (Å²) in [6.45, 7) is 15.8. The van der Waals surface area contributed by atoms with Crippen molar-refractivity contribution in [3.8, 4) is 0 Å². The van der Waals surface area contributed by atoms with Crippen LogP contribution in [0.2, 0.25) is 0 Å². The first-order chi connectivity index (χ1) is 9.20. The van der Waals surface area contributed by atoms with Gasteiger partial charge in [-0.15, -0.1) is 0 Å². The predicted octanol–water partition coefficient (Wildman–Crippen LogP) is 3.61. The summed E-state index contributed by atoms with van der Waals surface area (Å²) in [6, 6.07) is 0. The summed E-state index contributed by atoms with van der Waals surface area (Å²) in [5.74, 6) is -0.787. The fourth-order valence-corrected chi connectivity index (χ4v) is 1.60. The molecular weight excluding hydrogens is 266 g/mol. The topological polar surface area (TPSA) is 55.4 Å². The Bertz CT molecular complexity index is 395. The van der Waals surface area contributed by atoms with Gasteiger partial charge in [0.15, 0.2) is 0 Å². The van der Waals surface area contributed by atoms with Crippen LogP contribution in [0.1, 0.15) is 68.2 Å². The average molecular weight is 297 g/mol. The van der Waals surface area contributed by atoms with Crippen LogP contribution in [0.5, 0.6) is 0 Å². The third-order valence-electron chi connectivity index (χ3n) is 2.74. The second-order valence-electron chi connectivity index (χ2n) is 8.30. The highest BCUT2D eigenvalue weighted by Crippen LogP contribution is 2.25. The monoisotopic (exact) mass is 297 g/mol. The summed E-state index contributed by atoms with van der Waals surface area (Å²) in [5, 5.41) is 2.91. The molecule has 0 radical (unpaired) electrons. The lowest BCUT2D eigenvalue weighted by Gasteiger charge is -2.29. The molecule has 122 valence electrons. The van der Waals surface area contributed by atoms with Crippen LogP contribution in [-0.4, -0.2) is 23.0 Å². The van der Waals surface area contributed by atoms with Crippen molar-refractivity contribution in [2.24, 2.45) is 5.41 Å². The van der Waals surface area contributed by atoms with Gasteiger partial charge in [0.05, 0.1) is 0 Å². The van der Waals surface area contributed by atoms with E-state index in [1.807, 2.05) is 13.8 Å². The Labute approximate surface area is 129 Å². The van der Waals surface area contributed by atoms with Gasteiger partial charge in [-0.1, -0.05) is 20.8 Å². The molecular formula is C17H31NO3. The zero-order chi connectivity index (χ0) is 16.9. The lowest BCUT2D eigenvalue weighted by atomic mass is 9.85. The van der Waals surface area contributed by atoms with Crippen molar-refractivity contribution < 1.29 is 14.3 Å². The lowest BCUT2D eigenvalue weighted by Crippen LogP contribution is -2.43. The average Bonchev–Trinajstić information content (AvgIpc) is 2.20. The van der Waals surface area contributed by atoms with Gasteiger partial charge >= 0.3 is 5.97 Å². The molecule has 4 heteroatoms. The molecule has 0 atom stereocenters. The summed E-state index contributed by atoms with van der Waals surface area (Å²) in [7, 11) is 0. The van der Waals surface area contributed by atoms with Crippen molar-refractivity contribution in [3.05, 3.63) is 12.2 Å². The molecule has 0 spiro atoms.